The van der Waals surface area contributed by atoms with Crippen LogP contribution in [0.3, 0.4) is 0 Å². The molecule has 0 N–H and O–H groups in total. The Morgan fingerprint density at radius 3 is 2.24 bits per heavy atom. The first-order valence-electron chi connectivity index (χ1n) is 7.44. The molecule has 0 atom stereocenters. The number of hydrogen-bond acceptors (Lipinski definition) is 4. The molecule has 0 saturated carbocycles. The van der Waals surface area contributed by atoms with Crippen LogP contribution in [0.2, 0.25) is 0 Å². The van der Waals surface area contributed by atoms with Crippen LogP contribution in [0.25, 0.3) is 0 Å². The predicted molar refractivity (Wildman–Crippen MR) is 81.9 cm³/mol. The Kier molecular flexibility index (Phi) is 9.54. The van der Waals surface area contributed by atoms with Crippen LogP contribution in [0.15, 0.2) is 26.0 Å². The third-order valence-corrected chi connectivity index (χ3v) is 4.45. The molecule has 2 aromatic rings. The zero-order chi connectivity index (χ0) is 15.3. The van der Waals surface area contributed by atoms with Gasteiger partial charge in [-0.25, -0.2) is 0 Å². The van der Waals surface area contributed by atoms with Crippen LogP contribution in [0, 0.1) is 32.9 Å². The molecule has 2 aliphatic heterocycles. The molecule has 0 fully saturated rings. The van der Waals surface area contributed by atoms with Crippen molar-refractivity contribution in [3.05, 3.63) is 67.4 Å². The number of fused-ring (bicyclic) bond motifs is 2. The van der Waals surface area contributed by atoms with Gasteiger partial charge in [0.2, 0.25) is 0 Å². The zero-order valence-electron chi connectivity index (χ0n) is 14.7. The van der Waals surface area contributed by atoms with E-state index in [1.54, 1.807) is 0 Å². The van der Waals surface area contributed by atoms with Gasteiger partial charge >= 0.3 is 0 Å². The van der Waals surface area contributed by atoms with Crippen LogP contribution in [0.5, 0.6) is 0 Å². The molecule has 2 aliphatic rings. The number of rotatable bonds is 2. The summed E-state index contributed by atoms with van der Waals surface area (Å²) in [6, 6.07) is 8.72. The average molecular weight is 555 g/mol. The molecule has 7 heteroatoms. The Hall–Kier alpha value is 0.952. The molecular weight excluding hydrogens is 539 g/mol. The third-order valence-electron chi connectivity index (χ3n) is 4.45. The number of nitrogens with zero attached hydrogens (tertiary/aromatic N) is 4. The summed E-state index contributed by atoms with van der Waals surface area (Å²) in [5, 5.41) is 3.98. The van der Waals surface area contributed by atoms with Crippen LogP contribution < -0.4 is 21.4 Å². The van der Waals surface area contributed by atoms with Gasteiger partial charge in [0, 0.05) is 98.1 Å². The van der Waals surface area contributed by atoms with Crippen LogP contribution in [0.4, 0.5) is 0 Å². The van der Waals surface area contributed by atoms with E-state index in [0.29, 0.717) is 13.3 Å². The quantitative estimate of drug-likeness (QED) is 0.477. The van der Waals surface area contributed by atoms with Gasteiger partial charge in [-0.1, -0.05) is 27.2 Å². The molecule has 3 radical (unpaired) electrons. The van der Waals surface area contributed by atoms with E-state index in [1.165, 1.54) is 11.1 Å². The third kappa shape index (κ3) is 4.52. The van der Waals surface area contributed by atoms with E-state index in [0.717, 1.165) is 44.5 Å². The van der Waals surface area contributed by atoms with Crippen molar-refractivity contribution >= 4 is 0 Å². The molecule has 2 aromatic carbocycles. The van der Waals surface area contributed by atoms with Gasteiger partial charge in [-0.3, -0.25) is 9.98 Å². The minimum absolute atomic E-state index is 0. The maximum atomic E-state index is 4.56. The maximum absolute atomic E-state index is 4.56. The topological polar surface area (TPSA) is 49.4 Å². The van der Waals surface area contributed by atoms with Crippen LogP contribution in [-0.4, -0.2) is 13.3 Å². The minimum Gasteiger partial charge on any atom is -0.325 e. The van der Waals surface area contributed by atoms with Gasteiger partial charge in [-0.05, 0) is 21.4 Å². The van der Waals surface area contributed by atoms with E-state index < -0.39 is 0 Å². The second-order valence-electron chi connectivity index (χ2n) is 5.77. The first-order chi connectivity index (χ1) is 10.6. The Morgan fingerprint density at radius 1 is 0.840 bits per heavy atom. The summed E-state index contributed by atoms with van der Waals surface area (Å²) >= 11 is 0. The monoisotopic (exact) mass is 555 g/mol. The van der Waals surface area contributed by atoms with Crippen molar-refractivity contribution in [1.82, 2.24) is 0 Å². The molecule has 0 aromatic heterocycles. The predicted octanol–water partition coefficient (Wildman–Crippen LogP) is 0.216. The minimum atomic E-state index is 0. The molecule has 0 aliphatic carbocycles. The van der Waals surface area contributed by atoms with Crippen molar-refractivity contribution in [3.63, 3.8) is 0 Å². The van der Waals surface area contributed by atoms with Gasteiger partial charge < -0.3 is 9.98 Å². The van der Waals surface area contributed by atoms with Crippen LogP contribution in [-0.2, 0) is 105 Å². The van der Waals surface area contributed by atoms with Gasteiger partial charge in [-0.2, -0.15) is 23.3 Å². The van der Waals surface area contributed by atoms with Crippen molar-refractivity contribution in [1.29, 1.82) is 0 Å². The molecule has 0 spiro atoms. The maximum Gasteiger partial charge on any atom is 0.115 e. The van der Waals surface area contributed by atoms with Crippen molar-refractivity contribution in [2.45, 2.75) is 27.2 Å². The SMILES string of the molecule is Cc1[c-]cc2c(c1Cc1[c-]c(C)c(C)c3c1=NCN=3)=NCN=2.[Y].[Y].[Y]. The summed E-state index contributed by atoms with van der Waals surface area (Å²) in [5.74, 6) is 0. The first kappa shape index (κ1) is 24.0. The molecule has 0 bridgehead atoms. The molecule has 2 heterocycles. The van der Waals surface area contributed by atoms with Gasteiger partial charge in [0.05, 0.1) is 0 Å². The number of benzene rings is 2. The van der Waals surface area contributed by atoms with E-state index in [4.69, 9.17) is 0 Å². The Morgan fingerprint density at radius 2 is 1.48 bits per heavy atom. The van der Waals surface area contributed by atoms with E-state index in [9.17, 15) is 0 Å². The molecule has 25 heavy (non-hydrogen) atoms. The van der Waals surface area contributed by atoms with E-state index in [-0.39, 0.29) is 98.1 Å². The van der Waals surface area contributed by atoms with Crippen LogP contribution >= 0.6 is 0 Å². The summed E-state index contributed by atoms with van der Waals surface area (Å²) in [6.07, 6.45) is 0.757. The number of aryl methyl sites for hydroxylation is 2. The van der Waals surface area contributed by atoms with Gasteiger partial charge in [0.1, 0.15) is 13.3 Å². The van der Waals surface area contributed by atoms with E-state index >= 15 is 0 Å². The molecule has 0 saturated heterocycles. The summed E-state index contributed by atoms with van der Waals surface area (Å²) in [6.45, 7) is 7.30. The van der Waals surface area contributed by atoms with Crippen molar-refractivity contribution in [2.24, 2.45) is 20.0 Å². The van der Waals surface area contributed by atoms with Gasteiger partial charge in [-0.15, -0.1) is 22.8 Å². The largest absolute Gasteiger partial charge is 0.325 e. The molecule has 4 rings (SSSR count). The fourth-order valence-corrected chi connectivity index (χ4v) is 3.08. The van der Waals surface area contributed by atoms with Crippen molar-refractivity contribution in [2.75, 3.05) is 13.3 Å². The van der Waals surface area contributed by atoms with Gasteiger partial charge in [0.25, 0.3) is 0 Å². The van der Waals surface area contributed by atoms with E-state index in [2.05, 4.69) is 52.9 Å². The summed E-state index contributed by atoms with van der Waals surface area (Å²) in [5.41, 5.74) is 5.73. The molecule has 119 valence electrons. The molecular formula is C18H16N4Y3-2. The molecule has 0 unspecified atom stereocenters. The van der Waals surface area contributed by atoms with Crippen molar-refractivity contribution in [3.8, 4) is 0 Å². The molecule has 4 nitrogen and oxygen atoms in total. The average Bonchev–Trinajstić information content (AvgIpc) is 3.15. The summed E-state index contributed by atoms with van der Waals surface area (Å²) in [4.78, 5) is 18.0. The summed E-state index contributed by atoms with van der Waals surface area (Å²) < 4.78 is 0. The standard InChI is InChI=1S/C18H16N4.3Y/c1-10-4-5-15-18(22-8-19-15)14(10)7-13-6-11(2)12(3)16-17(13)21-9-20-16;;;/h5H,7-9H2,1-3H3;;;/q-2;;;. The summed E-state index contributed by atoms with van der Waals surface area (Å²) in [7, 11) is 0. The Bertz CT molecular complexity index is 1050. The fourth-order valence-electron chi connectivity index (χ4n) is 3.08. The van der Waals surface area contributed by atoms with Gasteiger partial charge in [0.15, 0.2) is 0 Å². The fraction of sp³-hybridized carbons (Fsp3) is 0.333. The number of hydrogen-bond donors (Lipinski definition) is 0. The van der Waals surface area contributed by atoms with Crippen LogP contribution in [0.1, 0.15) is 27.8 Å². The van der Waals surface area contributed by atoms with E-state index in [1.807, 2.05) is 6.07 Å². The smallest absolute Gasteiger partial charge is 0.115 e. The second kappa shape index (κ2) is 9.94. The second-order valence-corrected chi connectivity index (χ2v) is 5.77. The molecule has 0 amide bonds. The Balaban J connectivity index is 0.00000104. The first-order valence-corrected chi connectivity index (χ1v) is 7.44. The Labute approximate surface area is 222 Å². The van der Waals surface area contributed by atoms with Crippen molar-refractivity contribution < 1.29 is 98.1 Å². The zero-order valence-corrected chi connectivity index (χ0v) is 23.2. The normalized spacial score (nSPS) is 12.8.